The zero-order chi connectivity index (χ0) is 29.4. The SMILES string of the molecule is CCCNC(=O)C(C)N(Cc1ccccc1F)C(=O)CN(c1ccc(C23CC4CC(CC(C4)C2)C3)cc1)S(C)(=O)=O. The van der Waals surface area contributed by atoms with E-state index < -0.39 is 34.3 Å². The summed E-state index contributed by atoms with van der Waals surface area (Å²) in [6, 6.07) is 12.9. The first kappa shape index (κ1) is 29.5. The Kier molecular flexibility index (Phi) is 8.46. The van der Waals surface area contributed by atoms with Crippen LogP contribution in [0.25, 0.3) is 0 Å². The summed E-state index contributed by atoms with van der Waals surface area (Å²) in [5.41, 5.74) is 2.10. The smallest absolute Gasteiger partial charge is 0.244 e. The number of halogens is 1. The van der Waals surface area contributed by atoms with E-state index in [2.05, 4.69) is 5.32 Å². The zero-order valence-corrected chi connectivity index (χ0v) is 25.1. The summed E-state index contributed by atoms with van der Waals surface area (Å²) in [5, 5.41) is 2.79. The van der Waals surface area contributed by atoms with Crippen molar-refractivity contribution in [1.29, 1.82) is 0 Å². The van der Waals surface area contributed by atoms with Gasteiger partial charge in [-0.1, -0.05) is 37.3 Å². The maximum atomic E-state index is 14.6. The molecular weight excluding hydrogens is 541 g/mol. The van der Waals surface area contributed by atoms with Crippen LogP contribution in [0.4, 0.5) is 10.1 Å². The van der Waals surface area contributed by atoms with Crippen LogP contribution in [-0.4, -0.2) is 50.5 Å². The van der Waals surface area contributed by atoms with Gasteiger partial charge in [-0.2, -0.15) is 0 Å². The summed E-state index contributed by atoms with van der Waals surface area (Å²) in [6.07, 6.45) is 9.45. The Balaban J connectivity index is 1.39. The Labute approximate surface area is 243 Å². The molecule has 0 spiro atoms. The fourth-order valence-electron chi connectivity index (χ4n) is 7.85. The molecule has 222 valence electrons. The van der Waals surface area contributed by atoms with Gasteiger partial charge in [0.2, 0.25) is 21.8 Å². The van der Waals surface area contributed by atoms with Crippen LogP contribution in [0.1, 0.15) is 69.9 Å². The lowest BCUT2D eigenvalue weighted by atomic mass is 9.48. The molecule has 4 bridgehead atoms. The highest BCUT2D eigenvalue weighted by atomic mass is 32.2. The molecule has 0 heterocycles. The second-order valence-electron chi connectivity index (χ2n) is 12.6. The highest BCUT2D eigenvalue weighted by molar-refractivity contribution is 7.92. The monoisotopic (exact) mass is 583 g/mol. The van der Waals surface area contributed by atoms with Crippen molar-refractivity contribution < 1.29 is 22.4 Å². The third-order valence-corrected chi connectivity index (χ3v) is 10.6. The van der Waals surface area contributed by atoms with Crippen LogP contribution < -0.4 is 9.62 Å². The van der Waals surface area contributed by atoms with E-state index in [-0.39, 0.29) is 23.4 Å². The molecule has 4 saturated carbocycles. The Bertz CT molecular complexity index is 1340. The lowest BCUT2D eigenvalue weighted by Gasteiger charge is -2.57. The van der Waals surface area contributed by atoms with Crippen LogP contribution in [0, 0.1) is 23.6 Å². The molecule has 1 N–H and O–H groups in total. The number of hydrogen-bond acceptors (Lipinski definition) is 4. The highest BCUT2D eigenvalue weighted by Crippen LogP contribution is 2.60. The predicted molar refractivity (Wildman–Crippen MR) is 158 cm³/mol. The number of sulfonamides is 1. The van der Waals surface area contributed by atoms with E-state index in [1.807, 2.05) is 19.1 Å². The summed E-state index contributed by atoms with van der Waals surface area (Å²) in [6.45, 7) is 3.29. The molecule has 2 aromatic carbocycles. The van der Waals surface area contributed by atoms with Crippen LogP contribution >= 0.6 is 0 Å². The molecule has 2 amide bonds. The van der Waals surface area contributed by atoms with Crippen molar-refractivity contribution in [3.63, 3.8) is 0 Å². The Morgan fingerprint density at radius 3 is 2.12 bits per heavy atom. The Morgan fingerprint density at radius 2 is 1.59 bits per heavy atom. The molecule has 41 heavy (non-hydrogen) atoms. The number of carbonyl (C=O) groups is 2. The lowest BCUT2D eigenvalue weighted by Crippen LogP contribution is -2.51. The number of benzene rings is 2. The second kappa shape index (κ2) is 11.7. The van der Waals surface area contributed by atoms with Gasteiger partial charge in [0.25, 0.3) is 0 Å². The van der Waals surface area contributed by atoms with E-state index in [1.165, 1.54) is 55.1 Å². The van der Waals surface area contributed by atoms with Gasteiger partial charge >= 0.3 is 0 Å². The first-order valence-electron chi connectivity index (χ1n) is 14.9. The summed E-state index contributed by atoms with van der Waals surface area (Å²) >= 11 is 0. The maximum absolute atomic E-state index is 14.6. The minimum atomic E-state index is -3.83. The summed E-state index contributed by atoms with van der Waals surface area (Å²) in [7, 11) is -3.83. The largest absolute Gasteiger partial charge is 0.354 e. The van der Waals surface area contributed by atoms with E-state index >= 15 is 0 Å². The normalized spacial score (nSPS) is 25.5. The van der Waals surface area contributed by atoms with Crippen molar-refractivity contribution in [1.82, 2.24) is 10.2 Å². The van der Waals surface area contributed by atoms with Crippen molar-refractivity contribution in [3.8, 4) is 0 Å². The highest BCUT2D eigenvalue weighted by Gasteiger charge is 2.51. The van der Waals surface area contributed by atoms with Gasteiger partial charge in [-0.3, -0.25) is 13.9 Å². The quantitative estimate of drug-likeness (QED) is 0.403. The summed E-state index contributed by atoms with van der Waals surface area (Å²) in [4.78, 5) is 27.8. The van der Waals surface area contributed by atoms with E-state index in [4.69, 9.17) is 0 Å². The van der Waals surface area contributed by atoms with E-state index in [0.29, 0.717) is 12.2 Å². The van der Waals surface area contributed by atoms with Crippen LogP contribution in [0.15, 0.2) is 48.5 Å². The molecule has 4 aliphatic carbocycles. The summed E-state index contributed by atoms with van der Waals surface area (Å²) in [5.74, 6) is 0.936. The number of nitrogens with zero attached hydrogens (tertiary/aromatic N) is 2. The van der Waals surface area contributed by atoms with Crippen LogP contribution in [0.5, 0.6) is 0 Å². The summed E-state index contributed by atoms with van der Waals surface area (Å²) < 4.78 is 41.6. The lowest BCUT2D eigenvalue weighted by molar-refractivity contribution is -0.139. The number of hydrogen-bond donors (Lipinski definition) is 1. The van der Waals surface area contributed by atoms with Gasteiger partial charge < -0.3 is 10.2 Å². The topological polar surface area (TPSA) is 86.8 Å². The second-order valence-corrected chi connectivity index (χ2v) is 14.5. The van der Waals surface area contributed by atoms with Crippen LogP contribution in [0.2, 0.25) is 0 Å². The van der Waals surface area contributed by atoms with Gasteiger partial charge in [0.05, 0.1) is 11.9 Å². The van der Waals surface area contributed by atoms with Crippen LogP contribution in [0.3, 0.4) is 0 Å². The molecule has 1 atom stereocenters. The average molecular weight is 584 g/mol. The van der Waals surface area contributed by atoms with Gasteiger partial charge in [0.1, 0.15) is 18.4 Å². The van der Waals surface area contributed by atoms with E-state index in [9.17, 15) is 22.4 Å². The van der Waals surface area contributed by atoms with Crippen molar-refractivity contribution in [2.24, 2.45) is 17.8 Å². The van der Waals surface area contributed by atoms with Crippen molar-refractivity contribution in [2.75, 3.05) is 23.7 Å². The molecular formula is C32H42FN3O4S. The molecule has 0 aromatic heterocycles. The fraction of sp³-hybridized carbons (Fsp3) is 0.562. The number of amides is 2. The molecule has 7 nitrogen and oxygen atoms in total. The Morgan fingerprint density at radius 1 is 1.00 bits per heavy atom. The number of anilines is 1. The number of rotatable bonds is 11. The minimum absolute atomic E-state index is 0.158. The first-order chi connectivity index (χ1) is 19.5. The third kappa shape index (κ3) is 6.30. The average Bonchev–Trinajstić information content (AvgIpc) is 2.92. The van der Waals surface area contributed by atoms with Gasteiger partial charge in [-0.25, -0.2) is 12.8 Å². The van der Waals surface area contributed by atoms with Gasteiger partial charge in [0.15, 0.2) is 0 Å². The number of carbonyl (C=O) groups excluding carboxylic acids is 2. The third-order valence-electron chi connectivity index (χ3n) is 9.50. The molecule has 0 saturated heterocycles. The van der Waals surface area contributed by atoms with Gasteiger partial charge in [-0.05, 0) is 98.8 Å². The van der Waals surface area contributed by atoms with E-state index in [0.717, 1.165) is 34.7 Å². The molecule has 0 radical (unpaired) electrons. The molecule has 4 fully saturated rings. The predicted octanol–water partition coefficient (Wildman–Crippen LogP) is 5.00. The van der Waals surface area contributed by atoms with Crippen molar-refractivity contribution in [3.05, 3.63) is 65.5 Å². The fourth-order valence-corrected chi connectivity index (χ4v) is 8.70. The standard InChI is InChI=1S/C32H42FN3O4S/c1-4-13-34-31(38)22(2)35(20-26-7-5-6-8-29(26)33)30(37)21-36(41(3,39)40)28-11-9-27(10-12-28)32-17-23-14-24(18-32)16-25(15-23)19-32/h5-12,22-25H,4,13-21H2,1-3H3,(H,34,38). The molecule has 4 aliphatic rings. The van der Waals surface area contributed by atoms with Crippen molar-refractivity contribution >= 4 is 27.5 Å². The molecule has 6 rings (SSSR count). The number of nitrogens with one attached hydrogen (secondary N) is 1. The van der Waals surface area contributed by atoms with Gasteiger partial charge in [0, 0.05) is 18.7 Å². The van der Waals surface area contributed by atoms with E-state index in [1.54, 1.807) is 37.3 Å². The van der Waals surface area contributed by atoms with Crippen LogP contribution in [-0.2, 0) is 31.6 Å². The van der Waals surface area contributed by atoms with Gasteiger partial charge in [-0.15, -0.1) is 0 Å². The maximum Gasteiger partial charge on any atom is 0.244 e. The molecule has 0 aliphatic heterocycles. The molecule has 1 unspecified atom stereocenters. The molecule has 9 heteroatoms. The zero-order valence-electron chi connectivity index (χ0n) is 24.3. The first-order valence-corrected chi connectivity index (χ1v) is 16.7. The Hall–Kier alpha value is -2.94. The minimum Gasteiger partial charge on any atom is -0.354 e. The van der Waals surface area contributed by atoms with Crippen molar-refractivity contribution in [2.45, 2.75) is 76.8 Å². The molecule has 2 aromatic rings.